The fraction of sp³-hybridized carbons (Fsp3) is 0.0870. The third-order valence-electron chi connectivity index (χ3n) is 4.90. The van der Waals surface area contributed by atoms with Gasteiger partial charge in [0.1, 0.15) is 6.54 Å². The summed E-state index contributed by atoms with van der Waals surface area (Å²) in [5.74, 6) is -0.456. The normalized spacial score (nSPS) is 10.7. The van der Waals surface area contributed by atoms with E-state index in [1.54, 1.807) is 13.0 Å². The van der Waals surface area contributed by atoms with Crippen LogP contribution in [0.4, 0.5) is 11.4 Å². The van der Waals surface area contributed by atoms with Gasteiger partial charge in [0.2, 0.25) is 5.91 Å². The topological polar surface area (TPSA) is 107 Å². The van der Waals surface area contributed by atoms with E-state index in [1.807, 2.05) is 42.5 Å². The molecular formula is C23H18N4O4. The molecule has 4 rings (SSSR count). The highest BCUT2D eigenvalue weighted by Crippen LogP contribution is 2.23. The molecule has 3 aromatic carbocycles. The number of fused-ring (bicyclic) bond motifs is 1. The van der Waals surface area contributed by atoms with Crippen LogP contribution in [0.1, 0.15) is 5.56 Å². The minimum Gasteiger partial charge on any atom is -0.324 e. The quantitative estimate of drug-likeness (QED) is 0.393. The van der Waals surface area contributed by atoms with Gasteiger partial charge in [0.15, 0.2) is 0 Å². The third kappa shape index (κ3) is 4.32. The number of nitrogens with zero attached hydrogens (tertiary/aromatic N) is 3. The number of anilines is 1. The molecule has 154 valence electrons. The first-order valence-electron chi connectivity index (χ1n) is 9.53. The molecule has 0 spiro atoms. The van der Waals surface area contributed by atoms with Crippen LogP contribution in [-0.2, 0) is 11.3 Å². The summed E-state index contributed by atoms with van der Waals surface area (Å²) in [6.45, 7) is 1.38. The molecule has 0 saturated carbocycles. The number of amides is 1. The third-order valence-corrected chi connectivity index (χ3v) is 4.90. The van der Waals surface area contributed by atoms with E-state index in [-0.39, 0.29) is 12.2 Å². The van der Waals surface area contributed by atoms with Crippen LogP contribution in [0.2, 0.25) is 0 Å². The van der Waals surface area contributed by atoms with Crippen molar-refractivity contribution in [2.24, 2.45) is 0 Å². The Kier molecular flexibility index (Phi) is 5.28. The van der Waals surface area contributed by atoms with E-state index >= 15 is 0 Å². The molecular weight excluding hydrogens is 396 g/mol. The van der Waals surface area contributed by atoms with Gasteiger partial charge in [0.25, 0.3) is 11.2 Å². The second-order valence-corrected chi connectivity index (χ2v) is 7.08. The number of benzene rings is 3. The maximum Gasteiger partial charge on any atom is 0.269 e. The van der Waals surface area contributed by atoms with Crippen molar-refractivity contribution >= 4 is 28.1 Å². The lowest BCUT2D eigenvalue weighted by atomic mass is 10.1. The van der Waals surface area contributed by atoms with Gasteiger partial charge in [0, 0.05) is 29.4 Å². The first-order valence-corrected chi connectivity index (χ1v) is 9.53. The van der Waals surface area contributed by atoms with Crippen molar-refractivity contribution in [1.82, 2.24) is 9.78 Å². The first kappa shape index (κ1) is 20.0. The molecule has 0 unspecified atom stereocenters. The van der Waals surface area contributed by atoms with Crippen molar-refractivity contribution in [3.63, 3.8) is 0 Å². The van der Waals surface area contributed by atoms with Crippen molar-refractivity contribution in [3.05, 3.63) is 98.8 Å². The predicted molar refractivity (Wildman–Crippen MR) is 118 cm³/mol. The van der Waals surface area contributed by atoms with Gasteiger partial charge in [-0.2, -0.15) is 5.10 Å². The van der Waals surface area contributed by atoms with Crippen LogP contribution >= 0.6 is 0 Å². The number of hydrogen-bond acceptors (Lipinski definition) is 5. The van der Waals surface area contributed by atoms with Crippen molar-refractivity contribution in [1.29, 1.82) is 0 Å². The summed E-state index contributed by atoms with van der Waals surface area (Å²) in [6.07, 6.45) is 0. The van der Waals surface area contributed by atoms with Crippen molar-refractivity contribution < 1.29 is 9.72 Å². The number of nitro groups is 1. The Morgan fingerprint density at radius 2 is 1.81 bits per heavy atom. The van der Waals surface area contributed by atoms with Crippen LogP contribution in [0.5, 0.6) is 0 Å². The number of aryl methyl sites for hydroxylation is 1. The molecule has 1 heterocycles. The Bertz CT molecular complexity index is 1380. The smallest absolute Gasteiger partial charge is 0.269 e. The number of non-ortho nitro benzene ring substituents is 1. The van der Waals surface area contributed by atoms with Gasteiger partial charge in [-0.15, -0.1) is 0 Å². The van der Waals surface area contributed by atoms with Gasteiger partial charge >= 0.3 is 0 Å². The Morgan fingerprint density at radius 3 is 2.55 bits per heavy atom. The van der Waals surface area contributed by atoms with Crippen LogP contribution in [0.15, 0.2) is 77.6 Å². The van der Waals surface area contributed by atoms with E-state index in [0.29, 0.717) is 16.9 Å². The minimum absolute atomic E-state index is 0.0588. The predicted octanol–water partition coefficient (Wildman–Crippen LogP) is 3.92. The van der Waals surface area contributed by atoms with Gasteiger partial charge in [-0.3, -0.25) is 19.7 Å². The lowest BCUT2D eigenvalue weighted by Crippen LogP contribution is -2.29. The Morgan fingerprint density at radius 1 is 1.03 bits per heavy atom. The fourth-order valence-corrected chi connectivity index (χ4v) is 3.29. The number of nitro benzene ring substituents is 1. The number of aromatic nitrogens is 2. The number of rotatable bonds is 5. The highest BCUT2D eigenvalue weighted by Gasteiger charge is 2.12. The zero-order valence-electron chi connectivity index (χ0n) is 16.6. The maximum absolute atomic E-state index is 12.5. The van der Waals surface area contributed by atoms with Crippen LogP contribution < -0.4 is 10.9 Å². The molecule has 1 N–H and O–H groups in total. The van der Waals surface area contributed by atoms with Gasteiger partial charge in [-0.1, -0.05) is 36.4 Å². The van der Waals surface area contributed by atoms with Crippen LogP contribution in [0, 0.1) is 17.0 Å². The van der Waals surface area contributed by atoms with E-state index < -0.39 is 16.4 Å². The molecule has 4 aromatic rings. The number of carbonyl (C=O) groups is 1. The lowest BCUT2D eigenvalue weighted by Gasteiger charge is -2.10. The Labute approximate surface area is 176 Å². The monoisotopic (exact) mass is 414 g/mol. The fourth-order valence-electron chi connectivity index (χ4n) is 3.29. The molecule has 0 fully saturated rings. The molecule has 8 heteroatoms. The second kappa shape index (κ2) is 8.19. The van der Waals surface area contributed by atoms with E-state index in [0.717, 1.165) is 21.0 Å². The standard InChI is InChI=1S/C23H18N4O4/c1-15-12-19(27(30)31)8-9-20(15)24-22(28)14-26-23(29)11-10-21(25-26)18-7-6-16-4-2-3-5-17(16)13-18/h2-13H,14H2,1H3,(H,24,28). The summed E-state index contributed by atoms with van der Waals surface area (Å²) in [4.78, 5) is 35.1. The number of carbonyl (C=O) groups excluding carboxylic acids is 1. The van der Waals surface area contributed by atoms with Crippen molar-refractivity contribution in [3.8, 4) is 11.3 Å². The van der Waals surface area contributed by atoms with Gasteiger partial charge in [0.05, 0.1) is 10.6 Å². The SMILES string of the molecule is Cc1cc([N+](=O)[O-])ccc1NC(=O)Cn1nc(-c2ccc3ccccc3c2)ccc1=O. The highest BCUT2D eigenvalue weighted by molar-refractivity contribution is 5.91. The molecule has 0 aliphatic carbocycles. The lowest BCUT2D eigenvalue weighted by molar-refractivity contribution is -0.384. The number of hydrogen-bond donors (Lipinski definition) is 1. The molecule has 8 nitrogen and oxygen atoms in total. The van der Waals surface area contributed by atoms with Crippen molar-refractivity contribution in [2.45, 2.75) is 13.5 Å². The van der Waals surface area contributed by atoms with E-state index in [4.69, 9.17) is 0 Å². The van der Waals surface area contributed by atoms with E-state index in [9.17, 15) is 19.7 Å². The van der Waals surface area contributed by atoms with Crippen LogP contribution in [-0.4, -0.2) is 20.6 Å². The molecule has 0 saturated heterocycles. The van der Waals surface area contributed by atoms with E-state index in [1.165, 1.54) is 24.3 Å². The average Bonchev–Trinajstić information content (AvgIpc) is 2.76. The molecule has 0 atom stereocenters. The second-order valence-electron chi connectivity index (χ2n) is 7.08. The molecule has 31 heavy (non-hydrogen) atoms. The summed E-state index contributed by atoms with van der Waals surface area (Å²) in [7, 11) is 0. The van der Waals surface area contributed by atoms with E-state index in [2.05, 4.69) is 10.4 Å². The summed E-state index contributed by atoms with van der Waals surface area (Å²) in [6, 6.07) is 21.0. The minimum atomic E-state index is -0.500. The largest absolute Gasteiger partial charge is 0.324 e. The Balaban J connectivity index is 1.56. The molecule has 0 bridgehead atoms. The number of nitrogens with one attached hydrogen (secondary N) is 1. The van der Waals surface area contributed by atoms with Crippen LogP contribution in [0.25, 0.3) is 22.0 Å². The highest BCUT2D eigenvalue weighted by atomic mass is 16.6. The summed E-state index contributed by atoms with van der Waals surface area (Å²) < 4.78 is 1.10. The summed E-state index contributed by atoms with van der Waals surface area (Å²) in [5.41, 5.74) is 1.93. The molecule has 0 aliphatic heterocycles. The molecule has 0 aliphatic rings. The molecule has 1 aromatic heterocycles. The maximum atomic E-state index is 12.5. The zero-order valence-corrected chi connectivity index (χ0v) is 16.6. The van der Waals surface area contributed by atoms with Gasteiger partial charge in [-0.05, 0) is 41.5 Å². The Hall–Kier alpha value is -4.33. The molecule has 1 amide bonds. The van der Waals surface area contributed by atoms with Crippen LogP contribution in [0.3, 0.4) is 0 Å². The van der Waals surface area contributed by atoms with Gasteiger partial charge < -0.3 is 5.32 Å². The average molecular weight is 414 g/mol. The summed E-state index contributed by atoms with van der Waals surface area (Å²) in [5, 5.41) is 20.0. The summed E-state index contributed by atoms with van der Waals surface area (Å²) >= 11 is 0. The van der Waals surface area contributed by atoms with Gasteiger partial charge in [-0.25, -0.2) is 4.68 Å². The van der Waals surface area contributed by atoms with Crippen molar-refractivity contribution in [2.75, 3.05) is 5.32 Å². The zero-order chi connectivity index (χ0) is 22.0. The molecule has 0 radical (unpaired) electrons. The first-order chi connectivity index (χ1) is 14.9.